The van der Waals surface area contributed by atoms with Gasteiger partial charge in [0.15, 0.2) is 6.10 Å². The van der Waals surface area contributed by atoms with Gasteiger partial charge in [0.25, 0.3) is 15.9 Å². The second-order valence-corrected chi connectivity index (χ2v) is 9.28. The molecule has 0 saturated heterocycles. The molecule has 9 heteroatoms. The summed E-state index contributed by atoms with van der Waals surface area (Å²) in [5.41, 5.74) is 3.98. The molecule has 1 atom stereocenters. The van der Waals surface area contributed by atoms with E-state index in [1.165, 1.54) is 24.3 Å². The van der Waals surface area contributed by atoms with Gasteiger partial charge in [0.05, 0.1) is 4.90 Å². The van der Waals surface area contributed by atoms with Crippen LogP contribution in [-0.2, 0) is 14.8 Å². The zero-order valence-corrected chi connectivity index (χ0v) is 19.4. The predicted molar refractivity (Wildman–Crippen MR) is 123 cm³/mol. The molecule has 1 amide bonds. The third-order valence-electron chi connectivity index (χ3n) is 4.80. The molecule has 168 valence electrons. The van der Waals surface area contributed by atoms with E-state index in [1.54, 1.807) is 26.8 Å². The first kappa shape index (κ1) is 23.2. The molecule has 0 fully saturated rings. The first-order valence-corrected chi connectivity index (χ1v) is 11.5. The number of nitrogens with one attached hydrogen (secondary N) is 2. The van der Waals surface area contributed by atoms with Crippen molar-refractivity contribution in [2.75, 3.05) is 10.0 Å². The Kier molecular flexibility index (Phi) is 6.78. The van der Waals surface area contributed by atoms with Crippen LogP contribution in [0, 0.1) is 27.7 Å². The number of aryl methyl sites for hydroxylation is 4. The SMILES string of the molecule is Cc1cc(C)nc(NS(=O)(=O)c2ccc(NC(=O)C(C)Oc3ccc(C)c(C)c3)cc2)n1. The van der Waals surface area contributed by atoms with Crippen LogP contribution in [0.3, 0.4) is 0 Å². The van der Waals surface area contributed by atoms with Crippen molar-refractivity contribution in [1.82, 2.24) is 9.97 Å². The highest BCUT2D eigenvalue weighted by Crippen LogP contribution is 2.20. The van der Waals surface area contributed by atoms with Gasteiger partial charge in [0, 0.05) is 17.1 Å². The van der Waals surface area contributed by atoms with Crippen molar-refractivity contribution in [2.24, 2.45) is 0 Å². The highest BCUT2D eigenvalue weighted by Gasteiger charge is 2.18. The molecule has 1 heterocycles. The Morgan fingerprint density at radius 1 is 0.906 bits per heavy atom. The minimum Gasteiger partial charge on any atom is -0.481 e. The molecule has 3 rings (SSSR count). The number of nitrogens with zero attached hydrogens (tertiary/aromatic N) is 2. The fraction of sp³-hybridized carbons (Fsp3) is 0.261. The highest BCUT2D eigenvalue weighted by atomic mass is 32.2. The summed E-state index contributed by atoms with van der Waals surface area (Å²) in [6.45, 7) is 9.15. The number of rotatable bonds is 7. The maximum atomic E-state index is 12.6. The highest BCUT2D eigenvalue weighted by molar-refractivity contribution is 7.92. The van der Waals surface area contributed by atoms with Crippen molar-refractivity contribution in [3.63, 3.8) is 0 Å². The fourth-order valence-corrected chi connectivity index (χ4v) is 3.90. The van der Waals surface area contributed by atoms with E-state index in [-0.39, 0.29) is 16.8 Å². The van der Waals surface area contributed by atoms with Crippen LogP contribution in [-0.4, -0.2) is 30.4 Å². The number of benzene rings is 2. The smallest absolute Gasteiger partial charge is 0.265 e. The Morgan fingerprint density at radius 3 is 2.12 bits per heavy atom. The predicted octanol–water partition coefficient (Wildman–Crippen LogP) is 3.92. The summed E-state index contributed by atoms with van der Waals surface area (Å²) in [4.78, 5) is 20.7. The van der Waals surface area contributed by atoms with Gasteiger partial charge in [-0.2, -0.15) is 0 Å². The number of aromatic nitrogens is 2. The zero-order valence-electron chi connectivity index (χ0n) is 18.6. The summed E-state index contributed by atoms with van der Waals surface area (Å²) in [6, 6.07) is 13.2. The summed E-state index contributed by atoms with van der Waals surface area (Å²) in [7, 11) is -3.87. The van der Waals surface area contributed by atoms with Crippen molar-refractivity contribution in [3.05, 3.63) is 71.0 Å². The van der Waals surface area contributed by atoms with Gasteiger partial charge in [-0.3, -0.25) is 4.79 Å². The lowest BCUT2D eigenvalue weighted by atomic mass is 10.1. The van der Waals surface area contributed by atoms with Crippen LogP contribution in [0.15, 0.2) is 53.4 Å². The van der Waals surface area contributed by atoms with E-state index >= 15 is 0 Å². The van der Waals surface area contributed by atoms with Crippen LogP contribution in [0.25, 0.3) is 0 Å². The third kappa shape index (κ3) is 5.82. The van der Waals surface area contributed by atoms with E-state index in [0.717, 1.165) is 11.1 Å². The zero-order chi connectivity index (χ0) is 23.5. The van der Waals surface area contributed by atoms with Gasteiger partial charge in [-0.15, -0.1) is 0 Å². The van der Waals surface area contributed by atoms with Gasteiger partial charge in [-0.25, -0.2) is 23.1 Å². The largest absolute Gasteiger partial charge is 0.481 e. The number of sulfonamides is 1. The van der Waals surface area contributed by atoms with Crippen molar-refractivity contribution in [1.29, 1.82) is 0 Å². The number of hydrogen-bond acceptors (Lipinski definition) is 6. The molecule has 0 aliphatic carbocycles. The topological polar surface area (TPSA) is 110 Å². The summed E-state index contributed by atoms with van der Waals surface area (Å²) >= 11 is 0. The molecule has 8 nitrogen and oxygen atoms in total. The van der Waals surface area contributed by atoms with Gasteiger partial charge in [-0.05, 0) is 88.2 Å². The molecular weight excluding hydrogens is 428 g/mol. The van der Waals surface area contributed by atoms with Gasteiger partial charge >= 0.3 is 0 Å². The summed E-state index contributed by atoms with van der Waals surface area (Å²) in [5, 5.41) is 2.73. The van der Waals surface area contributed by atoms with Crippen LogP contribution < -0.4 is 14.8 Å². The minimum atomic E-state index is -3.87. The standard InChI is InChI=1S/C23H26N4O4S/c1-14-6-9-20(12-15(14)2)31-18(5)22(28)26-19-7-10-21(11-8-19)32(29,30)27-23-24-16(3)13-17(4)25-23/h6-13,18H,1-5H3,(H,26,28)(H,24,25,27). The van der Waals surface area contributed by atoms with Gasteiger partial charge in [0.1, 0.15) is 5.75 Å². The van der Waals surface area contributed by atoms with E-state index in [0.29, 0.717) is 22.8 Å². The molecule has 0 bridgehead atoms. The Balaban J connectivity index is 1.65. The number of anilines is 2. The normalized spacial score (nSPS) is 12.2. The van der Waals surface area contributed by atoms with Crippen LogP contribution in [0.5, 0.6) is 5.75 Å². The maximum absolute atomic E-state index is 12.6. The lowest BCUT2D eigenvalue weighted by Crippen LogP contribution is -2.30. The summed E-state index contributed by atoms with van der Waals surface area (Å²) < 4.78 is 33.3. The Hall–Kier alpha value is -3.46. The molecule has 0 saturated carbocycles. The number of carbonyl (C=O) groups is 1. The van der Waals surface area contributed by atoms with E-state index in [9.17, 15) is 13.2 Å². The van der Waals surface area contributed by atoms with Gasteiger partial charge in [0.2, 0.25) is 5.95 Å². The molecule has 2 aromatic carbocycles. The molecule has 0 spiro atoms. The lowest BCUT2D eigenvalue weighted by molar-refractivity contribution is -0.122. The van der Waals surface area contributed by atoms with Gasteiger partial charge in [-0.1, -0.05) is 6.07 Å². The Morgan fingerprint density at radius 2 is 1.53 bits per heavy atom. The van der Waals surface area contributed by atoms with E-state index in [4.69, 9.17) is 4.74 Å². The van der Waals surface area contributed by atoms with Crippen LogP contribution in [0.1, 0.15) is 29.4 Å². The average Bonchev–Trinajstić information content (AvgIpc) is 2.70. The molecule has 1 unspecified atom stereocenters. The van der Waals surface area contributed by atoms with Crippen molar-refractivity contribution >= 4 is 27.6 Å². The number of hydrogen-bond donors (Lipinski definition) is 2. The van der Waals surface area contributed by atoms with Crippen molar-refractivity contribution < 1.29 is 17.9 Å². The van der Waals surface area contributed by atoms with E-state index in [1.807, 2.05) is 32.0 Å². The fourth-order valence-electron chi connectivity index (χ4n) is 2.96. The lowest BCUT2D eigenvalue weighted by Gasteiger charge is -2.16. The first-order chi connectivity index (χ1) is 15.0. The molecule has 0 radical (unpaired) electrons. The molecule has 0 aliphatic rings. The monoisotopic (exact) mass is 454 g/mol. The molecule has 0 aliphatic heterocycles. The molecule has 2 N–H and O–H groups in total. The van der Waals surface area contributed by atoms with Crippen molar-refractivity contribution in [2.45, 2.75) is 45.6 Å². The van der Waals surface area contributed by atoms with Crippen LogP contribution in [0.4, 0.5) is 11.6 Å². The molecule has 1 aromatic heterocycles. The van der Waals surface area contributed by atoms with E-state index in [2.05, 4.69) is 20.0 Å². The number of carbonyl (C=O) groups excluding carboxylic acids is 1. The Bertz CT molecular complexity index is 1220. The Labute approximate surface area is 188 Å². The molecule has 3 aromatic rings. The quantitative estimate of drug-likeness (QED) is 0.560. The number of ether oxygens (including phenoxy) is 1. The second-order valence-electron chi connectivity index (χ2n) is 7.60. The first-order valence-electron chi connectivity index (χ1n) is 10.0. The number of amides is 1. The van der Waals surface area contributed by atoms with Crippen LogP contribution >= 0.6 is 0 Å². The second kappa shape index (κ2) is 9.35. The minimum absolute atomic E-state index is 0.0113. The molecular formula is C23H26N4O4S. The third-order valence-corrected chi connectivity index (χ3v) is 6.14. The van der Waals surface area contributed by atoms with Crippen LogP contribution in [0.2, 0.25) is 0 Å². The van der Waals surface area contributed by atoms with Gasteiger partial charge < -0.3 is 10.1 Å². The maximum Gasteiger partial charge on any atom is 0.265 e. The molecule has 32 heavy (non-hydrogen) atoms. The summed E-state index contributed by atoms with van der Waals surface area (Å²) in [5.74, 6) is 0.273. The van der Waals surface area contributed by atoms with E-state index < -0.39 is 16.1 Å². The summed E-state index contributed by atoms with van der Waals surface area (Å²) in [6.07, 6.45) is -0.733. The average molecular weight is 455 g/mol. The van der Waals surface area contributed by atoms with Crippen molar-refractivity contribution in [3.8, 4) is 5.75 Å².